The van der Waals surface area contributed by atoms with Crippen molar-refractivity contribution in [3.63, 3.8) is 0 Å². The van der Waals surface area contributed by atoms with Gasteiger partial charge in [0.15, 0.2) is 5.78 Å². The Balaban J connectivity index is 1.86. The van der Waals surface area contributed by atoms with Crippen LogP contribution in [0.2, 0.25) is 5.02 Å². The third-order valence-electron chi connectivity index (χ3n) is 4.31. The van der Waals surface area contributed by atoms with E-state index in [1.165, 1.54) is 4.90 Å². The van der Waals surface area contributed by atoms with Crippen LogP contribution in [0.1, 0.15) is 28.8 Å². The van der Waals surface area contributed by atoms with E-state index < -0.39 is 11.5 Å². The maximum Gasteiger partial charge on any atom is 0.407 e. The zero-order valence-corrected chi connectivity index (χ0v) is 11.1. The highest BCUT2D eigenvalue weighted by Gasteiger charge is 2.47. The van der Waals surface area contributed by atoms with Crippen LogP contribution in [0.4, 0.5) is 4.79 Å². The van der Waals surface area contributed by atoms with E-state index in [9.17, 15) is 9.59 Å². The predicted molar refractivity (Wildman–Crippen MR) is 70.8 cm³/mol. The minimum absolute atomic E-state index is 0.157. The zero-order valence-electron chi connectivity index (χ0n) is 10.4. The first-order chi connectivity index (χ1) is 9.02. The number of Topliss-reactive ketones (excluding diaryl/α,β-unsaturated/α-hetero) is 1. The van der Waals surface area contributed by atoms with Crippen molar-refractivity contribution in [1.82, 2.24) is 4.90 Å². The Kier molecular flexibility index (Phi) is 2.78. The van der Waals surface area contributed by atoms with Crippen molar-refractivity contribution in [2.75, 3.05) is 13.1 Å². The monoisotopic (exact) mass is 279 g/mol. The number of piperidine rings is 1. The molecule has 1 N–H and O–H groups in total. The number of rotatable bonds is 0. The Morgan fingerprint density at radius 3 is 2.63 bits per heavy atom. The third-order valence-corrected chi connectivity index (χ3v) is 4.55. The Hall–Kier alpha value is -1.55. The van der Waals surface area contributed by atoms with Gasteiger partial charge in [-0.1, -0.05) is 11.6 Å². The lowest BCUT2D eigenvalue weighted by molar-refractivity contribution is 0.0621. The number of halogens is 1. The number of carbonyl (C=O) groups excluding carboxylic acids is 1. The molecule has 1 aromatic carbocycles. The molecule has 5 heteroatoms. The molecule has 100 valence electrons. The van der Waals surface area contributed by atoms with Crippen LogP contribution in [0.5, 0.6) is 0 Å². The summed E-state index contributed by atoms with van der Waals surface area (Å²) in [5.41, 5.74) is 1.35. The van der Waals surface area contributed by atoms with E-state index in [0.29, 0.717) is 37.4 Å². The topological polar surface area (TPSA) is 57.6 Å². The lowest BCUT2D eigenvalue weighted by Gasteiger charge is -2.36. The van der Waals surface area contributed by atoms with E-state index in [4.69, 9.17) is 16.7 Å². The largest absolute Gasteiger partial charge is 0.465 e. The van der Waals surface area contributed by atoms with Crippen LogP contribution in [0.25, 0.3) is 0 Å². The summed E-state index contributed by atoms with van der Waals surface area (Å²) in [6.07, 6.45) is 0.991. The van der Waals surface area contributed by atoms with Crippen molar-refractivity contribution in [2.45, 2.75) is 19.3 Å². The molecule has 0 saturated carbocycles. The minimum atomic E-state index is -0.902. The van der Waals surface area contributed by atoms with Crippen molar-refractivity contribution in [2.24, 2.45) is 5.41 Å². The fourth-order valence-electron chi connectivity index (χ4n) is 3.19. The van der Waals surface area contributed by atoms with Crippen molar-refractivity contribution in [1.29, 1.82) is 0 Å². The van der Waals surface area contributed by atoms with Crippen molar-refractivity contribution < 1.29 is 14.7 Å². The van der Waals surface area contributed by atoms with Gasteiger partial charge < -0.3 is 10.0 Å². The predicted octanol–water partition coefficient (Wildman–Crippen LogP) is 2.84. The first kappa shape index (κ1) is 12.5. The molecule has 0 radical (unpaired) electrons. The van der Waals surface area contributed by atoms with Crippen LogP contribution < -0.4 is 0 Å². The van der Waals surface area contributed by atoms with E-state index in [0.717, 1.165) is 11.1 Å². The molecule has 1 heterocycles. The maximum atomic E-state index is 12.6. The molecule has 19 heavy (non-hydrogen) atoms. The summed E-state index contributed by atoms with van der Waals surface area (Å²) in [6.45, 7) is 0.867. The lowest BCUT2D eigenvalue weighted by Crippen LogP contribution is -2.45. The number of nitrogens with zero attached hydrogens (tertiary/aromatic N) is 1. The van der Waals surface area contributed by atoms with Gasteiger partial charge in [-0.15, -0.1) is 0 Å². The number of ketones is 1. The van der Waals surface area contributed by atoms with E-state index >= 15 is 0 Å². The number of likely N-dealkylation sites (tertiary alicyclic amines) is 1. The van der Waals surface area contributed by atoms with E-state index in [1.54, 1.807) is 12.1 Å². The fourth-order valence-corrected chi connectivity index (χ4v) is 3.39. The van der Waals surface area contributed by atoms with E-state index in [-0.39, 0.29) is 5.78 Å². The molecule has 0 aromatic heterocycles. The van der Waals surface area contributed by atoms with E-state index in [1.807, 2.05) is 6.07 Å². The highest BCUT2D eigenvalue weighted by molar-refractivity contribution is 6.30. The van der Waals surface area contributed by atoms with Gasteiger partial charge in [-0.2, -0.15) is 0 Å². The Morgan fingerprint density at radius 1 is 1.32 bits per heavy atom. The average molecular weight is 280 g/mol. The molecule has 1 aliphatic carbocycles. The number of carboxylic acid groups (broad SMARTS) is 1. The molecule has 1 aliphatic heterocycles. The number of fused-ring (bicyclic) bond motifs is 1. The molecule has 1 amide bonds. The van der Waals surface area contributed by atoms with Gasteiger partial charge in [-0.25, -0.2) is 4.79 Å². The molecular weight excluding hydrogens is 266 g/mol. The van der Waals surface area contributed by atoms with Crippen molar-refractivity contribution >= 4 is 23.5 Å². The van der Waals surface area contributed by atoms with Gasteiger partial charge in [-0.05, 0) is 43.0 Å². The molecule has 0 unspecified atom stereocenters. The quantitative estimate of drug-likeness (QED) is 0.794. The summed E-state index contributed by atoms with van der Waals surface area (Å²) in [4.78, 5) is 24.9. The summed E-state index contributed by atoms with van der Waals surface area (Å²) in [7, 11) is 0. The summed E-state index contributed by atoms with van der Waals surface area (Å²) < 4.78 is 0. The number of hydrogen-bond acceptors (Lipinski definition) is 2. The summed E-state index contributed by atoms with van der Waals surface area (Å²) in [5, 5.41) is 9.61. The molecule has 1 fully saturated rings. The van der Waals surface area contributed by atoms with Crippen LogP contribution in [0.3, 0.4) is 0 Å². The molecule has 3 rings (SSSR count). The minimum Gasteiger partial charge on any atom is -0.465 e. The van der Waals surface area contributed by atoms with Crippen LogP contribution >= 0.6 is 11.6 Å². The van der Waals surface area contributed by atoms with E-state index in [2.05, 4.69) is 0 Å². The normalized spacial score (nSPS) is 20.7. The fraction of sp³-hybridized carbons (Fsp3) is 0.429. The lowest BCUT2D eigenvalue weighted by atomic mass is 9.75. The number of carbonyl (C=O) groups is 2. The summed E-state index contributed by atoms with van der Waals surface area (Å²) >= 11 is 5.97. The molecule has 2 aliphatic rings. The van der Waals surface area contributed by atoms with Gasteiger partial charge in [0.1, 0.15) is 0 Å². The second-order valence-corrected chi connectivity index (χ2v) is 5.79. The average Bonchev–Trinajstić information content (AvgIpc) is 2.63. The first-order valence-electron chi connectivity index (χ1n) is 6.33. The molecule has 1 spiro atoms. The maximum absolute atomic E-state index is 12.6. The molecule has 1 saturated heterocycles. The smallest absolute Gasteiger partial charge is 0.407 e. The van der Waals surface area contributed by atoms with Gasteiger partial charge in [-0.3, -0.25) is 4.79 Å². The van der Waals surface area contributed by atoms with Crippen LogP contribution in [-0.4, -0.2) is 35.0 Å². The molecular formula is C14H14ClNO3. The molecule has 0 atom stereocenters. The van der Waals surface area contributed by atoms with Gasteiger partial charge in [0.05, 0.1) is 0 Å². The van der Waals surface area contributed by atoms with Gasteiger partial charge in [0.2, 0.25) is 0 Å². The zero-order chi connectivity index (χ0) is 13.6. The Labute approximate surface area is 116 Å². The highest BCUT2D eigenvalue weighted by atomic mass is 35.5. The Morgan fingerprint density at radius 2 is 2.00 bits per heavy atom. The summed E-state index contributed by atoms with van der Waals surface area (Å²) in [5.74, 6) is 0.157. The number of hydrogen-bond donors (Lipinski definition) is 1. The van der Waals surface area contributed by atoms with Gasteiger partial charge >= 0.3 is 6.09 Å². The van der Waals surface area contributed by atoms with Crippen LogP contribution in [-0.2, 0) is 6.42 Å². The first-order valence-corrected chi connectivity index (χ1v) is 6.71. The second kappa shape index (κ2) is 4.23. The molecule has 0 bridgehead atoms. The van der Waals surface area contributed by atoms with Crippen LogP contribution in [0, 0.1) is 5.41 Å². The highest BCUT2D eigenvalue weighted by Crippen LogP contribution is 2.45. The van der Waals surface area contributed by atoms with Crippen molar-refractivity contribution in [3.8, 4) is 0 Å². The SMILES string of the molecule is O=C(O)N1CCC2(CC1)Cc1cc(Cl)ccc1C2=O. The van der Waals surface area contributed by atoms with Crippen LogP contribution in [0.15, 0.2) is 18.2 Å². The van der Waals surface area contributed by atoms with Gasteiger partial charge in [0.25, 0.3) is 0 Å². The number of amides is 1. The Bertz CT molecular complexity index is 562. The summed E-state index contributed by atoms with van der Waals surface area (Å²) in [6, 6.07) is 5.38. The molecule has 4 nitrogen and oxygen atoms in total. The molecule has 1 aromatic rings. The second-order valence-electron chi connectivity index (χ2n) is 5.36. The van der Waals surface area contributed by atoms with Gasteiger partial charge in [0, 0.05) is 29.1 Å². The van der Waals surface area contributed by atoms with Crippen molar-refractivity contribution in [3.05, 3.63) is 34.3 Å². The standard InChI is InChI=1S/C14H14ClNO3/c15-10-1-2-11-9(7-10)8-14(12(11)17)3-5-16(6-4-14)13(18)19/h1-2,7H,3-6,8H2,(H,18,19). The third kappa shape index (κ3) is 1.91. The number of benzene rings is 1.